The van der Waals surface area contributed by atoms with Gasteiger partial charge in [0.2, 0.25) is 15.9 Å². The molecule has 0 heterocycles. The molecule has 0 saturated carbocycles. The number of halogens is 1. The van der Waals surface area contributed by atoms with Crippen LogP contribution in [0.2, 0.25) is 0 Å². The molecule has 0 aliphatic carbocycles. The van der Waals surface area contributed by atoms with Crippen LogP contribution in [0.4, 0.5) is 4.39 Å². The van der Waals surface area contributed by atoms with Gasteiger partial charge in [0.25, 0.3) is 0 Å². The first kappa shape index (κ1) is 22.4. The lowest BCUT2D eigenvalue weighted by Crippen LogP contribution is -2.39. The lowest BCUT2D eigenvalue weighted by atomic mass is 10.2. The Morgan fingerprint density at radius 2 is 1.48 bits per heavy atom. The second-order valence-electron chi connectivity index (χ2n) is 6.92. The zero-order chi connectivity index (χ0) is 22.1. The third-order valence-corrected chi connectivity index (χ3v) is 5.97. The summed E-state index contributed by atoms with van der Waals surface area (Å²) in [5, 5.41) is 3.80. The summed E-state index contributed by atoms with van der Waals surface area (Å²) in [5.41, 5.74) is 2.23. The van der Waals surface area contributed by atoms with E-state index in [9.17, 15) is 17.6 Å². The van der Waals surface area contributed by atoms with Gasteiger partial charge in [-0.3, -0.25) is 4.79 Å². The maximum absolute atomic E-state index is 13.0. The molecule has 0 radical (unpaired) electrons. The number of hydrogen-bond acceptors (Lipinski definition) is 3. The van der Waals surface area contributed by atoms with Crippen LogP contribution in [0.25, 0.3) is 6.08 Å². The summed E-state index contributed by atoms with van der Waals surface area (Å²) in [6.45, 7) is -0.0952. The highest BCUT2D eigenvalue weighted by Gasteiger charge is 2.22. The van der Waals surface area contributed by atoms with Gasteiger partial charge in [-0.05, 0) is 34.9 Å². The predicted octanol–water partition coefficient (Wildman–Crippen LogP) is 3.94. The summed E-state index contributed by atoms with van der Waals surface area (Å²) in [5.74, 6) is -0.808. The molecule has 31 heavy (non-hydrogen) atoms. The van der Waals surface area contributed by atoms with Crippen LogP contribution in [0, 0.1) is 5.82 Å². The minimum atomic E-state index is -3.86. The van der Waals surface area contributed by atoms with E-state index in [1.54, 1.807) is 36.4 Å². The molecule has 0 atom stereocenters. The zero-order valence-electron chi connectivity index (χ0n) is 16.8. The molecular formula is C24H23FN2O3S. The highest BCUT2D eigenvalue weighted by atomic mass is 32.2. The molecule has 0 aromatic heterocycles. The summed E-state index contributed by atoms with van der Waals surface area (Å²) in [7, 11) is -3.86. The lowest BCUT2D eigenvalue weighted by Gasteiger charge is -2.20. The Labute approximate surface area is 181 Å². The van der Waals surface area contributed by atoms with Crippen LogP contribution in [0.1, 0.15) is 16.7 Å². The van der Waals surface area contributed by atoms with E-state index in [-0.39, 0.29) is 25.5 Å². The first-order valence-corrected chi connectivity index (χ1v) is 11.2. The van der Waals surface area contributed by atoms with E-state index in [0.29, 0.717) is 0 Å². The van der Waals surface area contributed by atoms with Crippen LogP contribution in [0.15, 0.2) is 90.3 Å². The average Bonchev–Trinajstić information content (AvgIpc) is 2.78. The molecule has 0 fully saturated rings. The Hall–Kier alpha value is -3.29. The van der Waals surface area contributed by atoms with Crippen LogP contribution < -0.4 is 5.32 Å². The maximum atomic E-state index is 13.0. The Morgan fingerprint density at radius 3 is 2.13 bits per heavy atom. The molecule has 0 saturated heterocycles. The van der Waals surface area contributed by atoms with Gasteiger partial charge >= 0.3 is 0 Å². The van der Waals surface area contributed by atoms with E-state index < -0.39 is 15.9 Å². The Bertz CT molecular complexity index is 1120. The number of carbonyl (C=O) groups excluding carboxylic acids is 1. The van der Waals surface area contributed by atoms with Crippen LogP contribution in [0.5, 0.6) is 0 Å². The lowest BCUT2D eigenvalue weighted by molar-refractivity contribution is -0.121. The normalized spacial score (nSPS) is 11.7. The third kappa shape index (κ3) is 7.16. The largest absolute Gasteiger partial charge is 0.351 e. The van der Waals surface area contributed by atoms with Gasteiger partial charge in [0.15, 0.2) is 0 Å². The van der Waals surface area contributed by atoms with Crippen molar-refractivity contribution in [1.82, 2.24) is 9.62 Å². The number of carbonyl (C=O) groups is 1. The van der Waals surface area contributed by atoms with Crippen molar-refractivity contribution in [2.24, 2.45) is 0 Å². The number of nitrogens with one attached hydrogen (secondary N) is 1. The smallest absolute Gasteiger partial charge is 0.237 e. The van der Waals surface area contributed by atoms with Gasteiger partial charge in [0.05, 0.1) is 6.54 Å². The van der Waals surface area contributed by atoms with E-state index in [1.165, 1.54) is 18.2 Å². The number of rotatable bonds is 9. The van der Waals surface area contributed by atoms with Gasteiger partial charge < -0.3 is 5.32 Å². The molecule has 7 heteroatoms. The quantitative estimate of drug-likeness (QED) is 0.550. The first-order valence-electron chi connectivity index (χ1n) is 9.71. The summed E-state index contributed by atoms with van der Waals surface area (Å²) in [6, 6.07) is 23.9. The fourth-order valence-electron chi connectivity index (χ4n) is 2.86. The molecule has 160 valence electrons. The summed E-state index contributed by atoms with van der Waals surface area (Å²) < 4.78 is 40.1. The molecule has 0 unspecified atom stereocenters. The zero-order valence-corrected chi connectivity index (χ0v) is 17.6. The molecule has 1 amide bonds. The van der Waals surface area contributed by atoms with Gasteiger partial charge in [0, 0.05) is 18.5 Å². The molecule has 3 aromatic carbocycles. The second kappa shape index (κ2) is 10.7. The van der Waals surface area contributed by atoms with Crippen LogP contribution in [0.3, 0.4) is 0 Å². The highest BCUT2D eigenvalue weighted by Crippen LogP contribution is 2.13. The van der Waals surface area contributed by atoms with E-state index in [0.717, 1.165) is 26.4 Å². The van der Waals surface area contributed by atoms with Crippen LogP contribution >= 0.6 is 0 Å². The Morgan fingerprint density at radius 1 is 0.871 bits per heavy atom. The van der Waals surface area contributed by atoms with Crippen molar-refractivity contribution in [1.29, 1.82) is 0 Å². The van der Waals surface area contributed by atoms with E-state index >= 15 is 0 Å². The Kier molecular flexibility index (Phi) is 7.70. The van der Waals surface area contributed by atoms with Crippen molar-refractivity contribution in [3.8, 4) is 0 Å². The average molecular weight is 439 g/mol. The van der Waals surface area contributed by atoms with Crippen molar-refractivity contribution in [2.45, 2.75) is 13.1 Å². The topological polar surface area (TPSA) is 66.5 Å². The van der Waals surface area contributed by atoms with E-state index in [4.69, 9.17) is 0 Å². The molecule has 1 N–H and O–H groups in total. The third-order valence-electron chi connectivity index (χ3n) is 4.52. The molecule has 0 aliphatic rings. The van der Waals surface area contributed by atoms with Crippen molar-refractivity contribution in [3.63, 3.8) is 0 Å². The Balaban J connectivity index is 1.72. The number of hydrogen-bond donors (Lipinski definition) is 1. The fourth-order valence-corrected chi connectivity index (χ4v) is 3.98. The predicted molar refractivity (Wildman–Crippen MR) is 119 cm³/mol. The van der Waals surface area contributed by atoms with Gasteiger partial charge in [-0.2, -0.15) is 4.31 Å². The van der Waals surface area contributed by atoms with Crippen molar-refractivity contribution < 1.29 is 17.6 Å². The SMILES string of the molecule is O=C(CN(Cc1ccccc1)S(=O)(=O)C=Cc1ccccc1)NCc1ccc(F)cc1. The fraction of sp³-hybridized carbons (Fsp3) is 0.125. The number of sulfonamides is 1. The highest BCUT2D eigenvalue weighted by molar-refractivity contribution is 7.92. The number of amides is 1. The van der Waals surface area contributed by atoms with Gasteiger partial charge in [-0.15, -0.1) is 0 Å². The standard InChI is InChI=1S/C24H23FN2O3S/c25-23-13-11-21(12-14-23)17-26-24(28)19-27(18-22-9-5-2-6-10-22)31(29,30)16-15-20-7-3-1-4-8-20/h1-16H,17-19H2,(H,26,28). The van der Waals surface area contributed by atoms with Crippen molar-refractivity contribution in [2.75, 3.05) is 6.54 Å². The van der Waals surface area contributed by atoms with E-state index in [1.807, 2.05) is 36.4 Å². The van der Waals surface area contributed by atoms with Gasteiger partial charge in [-0.25, -0.2) is 12.8 Å². The van der Waals surface area contributed by atoms with Crippen LogP contribution in [-0.2, 0) is 27.9 Å². The minimum absolute atomic E-state index is 0.0618. The summed E-state index contributed by atoms with van der Waals surface area (Å²) in [4.78, 5) is 12.5. The minimum Gasteiger partial charge on any atom is -0.351 e. The summed E-state index contributed by atoms with van der Waals surface area (Å²) >= 11 is 0. The van der Waals surface area contributed by atoms with Gasteiger partial charge in [-0.1, -0.05) is 72.8 Å². The number of nitrogens with zero attached hydrogens (tertiary/aromatic N) is 1. The molecule has 0 bridgehead atoms. The van der Waals surface area contributed by atoms with Crippen LogP contribution in [-0.4, -0.2) is 25.2 Å². The molecular weight excluding hydrogens is 415 g/mol. The van der Waals surface area contributed by atoms with Crippen molar-refractivity contribution in [3.05, 3.63) is 113 Å². The first-order chi connectivity index (χ1) is 14.9. The molecule has 0 aliphatic heterocycles. The molecule has 3 rings (SSSR count). The van der Waals surface area contributed by atoms with E-state index in [2.05, 4.69) is 5.32 Å². The molecule has 0 spiro atoms. The molecule has 5 nitrogen and oxygen atoms in total. The summed E-state index contributed by atoms with van der Waals surface area (Å²) in [6.07, 6.45) is 1.50. The number of benzene rings is 3. The van der Waals surface area contributed by atoms with Crippen molar-refractivity contribution >= 4 is 22.0 Å². The molecule has 3 aromatic rings. The monoisotopic (exact) mass is 438 g/mol. The van der Waals surface area contributed by atoms with Gasteiger partial charge in [0.1, 0.15) is 5.82 Å². The second-order valence-corrected chi connectivity index (χ2v) is 8.73. The maximum Gasteiger partial charge on any atom is 0.237 e.